The van der Waals surface area contributed by atoms with Gasteiger partial charge in [0.15, 0.2) is 0 Å². The van der Waals surface area contributed by atoms with Crippen LogP contribution in [-0.4, -0.2) is 41.1 Å². The van der Waals surface area contributed by atoms with Gasteiger partial charge in [-0.2, -0.15) is 4.98 Å². The molecule has 1 fully saturated rings. The van der Waals surface area contributed by atoms with Crippen LogP contribution in [0.1, 0.15) is 50.6 Å². The molecule has 186 valence electrons. The molecule has 1 unspecified atom stereocenters. The summed E-state index contributed by atoms with van der Waals surface area (Å²) in [5, 5.41) is 7.45. The molecule has 0 spiro atoms. The van der Waals surface area contributed by atoms with Crippen LogP contribution in [-0.2, 0) is 11.3 Å². The van der Waals surface area contributed by atoms with Crippen LogP contribution >= 0.6 is 15.9 Å². The highest BCUT2D eigenvalue weighted by atomic mass is 79.9. The standard InChI is InChI=1S/C27H33BrN4O3/c1-18(2)15-24(19-7-9-23(34-3)10-8-19)29-27(33)20-11-13-32(14-12-20)17-25-30-26(31-35-25)21-5-4-6-22(28)16-21/h4-10,16,18,20,24H,11-15,17H2,1-3H3,(H,29,33). The number of amides is 1. The molecular formula is C27H33BrN4O3. The van der Waals surface area contributed by atoms with Crippen molar-refractivity contribution in [3.63, 3.8) is 0 Å². The van der Waals surface area contributed by atoms with Gasteiger partial charge in [-0.1, -0.05) is 59.2 Å². The zero-order valence-electron chi connectivity index (χ0n) is 20.5. The lowest BCUT2D eigenvalue weighted by molar-refractivity contribution is -0.127. The Morgan fingerprint density at radius 2 is 1.94 bits per heavy atom. The number of nitrogens with zero attached hydrogens (tertiary/aromatic N) is 3. The van der Waals surface area contributed by atoms with E-state index < -0.39 is 0 Å². The van der Waals surface area contributed by atoms with Gasteiger partial charge in [-0.25, -0.2) is 0 Å². The maximum Gasteiger partial charge on any atom is 0.241 e. The second-order valence-electron chi connectivity index (χ2n) is 9.54. The van der Waals surface area contributed by atoms with Crippen LogP contribution in [0.3, 0.4) is 0 Å². The monoisotopic (exact) mass is 540 g/mol. The zero-order chi connectivity index (χ0) is 24.8. The minimum absolute atomic E-state index is 0.00118. The lowest BCUT2D eigenvalue weighted by Gasteiger charge is -2.31. The van der Waals surface area contributed by atoms with Gasteiger partial charge in [-0.15, -0.1) is 0 Å². The summed E-state index contributed by atoms with van der Waals surface area (Å²) in [6.07, 6.45) is 2.53. The lowest BCUT2D eigenvalue weighted by atomic mass is 9.93. The van der Waals surface area contributed by atoms with Crippen LogP contribution in [0.4, 0.5) is 0 Å². The van der Waals surface area contributed by atoms with E-state index in [9.17, 15) is 4.79 Å². The fourth-order valence-corrected chi connectivity index (χ4v) is 4.88. The molecule has 0 aliphatic carbocycles. The summed E-state index contributed by atoms with van der Waals surface area (Å²) in [5.41, 5.74) is 2.03. The topological polar surface area (TPSA) is 80.5 Å². The number of rotatable bonds is 9. The number of likely N-dealkylation sites (tertiary alicyclic amines) is 1. The Balaban J connectivity index is 1.30. The SMILES string of the molecule is COc1ccc(C(CC(C)C)NC(=O)C2CCN(Cc3nc(-c4cccc(Br)c4)no3)CC2)cc1. The van der Waals surface area contributed by atoms with E-state index >= 15 is 0 Å². The van der Waals surface area contributed by atoms with Crippen molar-refractivity contribution in [2.24, 2.45) is 11.8 Å². The van der Waals surface area contributed by atoms with E-state index in [-0.39, 0.29) is 17.9 Å². The third-order valence-corrected chi connectivity index (χ3v) is 6.90. The van der Waals surface area contributed by atoms with Gasteiger partial charge in [0, 0.05) is 16.0 Å². The molecule has 7 nitrogen and oxygen atoms in total. The van der Waals surface area contributed by atoms with Crippen LogP contribution in [0.2, 0.25) is 0 Å². The molecule has 1 saturated heterocycles. The Labute approximate surface area is 215 Å². The summed E-state index contributed by atoms with van der Waals surface area (Å²) in [4.78, 5) is 20.0. The predicted molar refractivity (Wildman–Crippen MR) is 139 cm³/mol. The molecule has 1 amide bonds. The van der Waals surface area contributed by atoms with Crippen molar-refractivity contribution in [3.05, 3.63) is 64.5 Å². The molecule has 1 atom stereocenters. The highest BCUT2D eigenvalue weighted by molar-refractivity contribution is 9.10. The molecule has 2 aromatic carbocycles. The number of methoxy groups -OCH3 is 1. The summed E-state index contributed by atoms with van der Waals surface area (Å²) in [6, 6.07) is 15.8. The van der Waals surface area contributed by atoms with Crippen molar-refractivity contribution in [2.75, 3.05) is 20.2 Å². The van der Waals surface area contributed by atoms with E-state index in [1.165, 1.54) is 0 Å². The van der Waals surface area contributed by atoms with E-state index in [1.807, 2.05) is 48.5 Å². The number of ether oxygens (including phenoxy) is 1. The van der Waals surface area contributed by atoms with Crippen LogP contribution in [0.25, 0.3) is 11.4 Å². The van der Waals surface area contributed by atoms with Gasteiger partial charge in [0.2, 0.25) is 17.6 Å². The fraction of sp³-hybridized carbons (Fsp3) is 0.444. The summed E-state index contributed by atoms with van der Waals surface area (Å²) >= 11 is 3.48. The molecular weight excluding hydrogens is 508 g/mol. The summed E-state index contributed by atoms with van der Waals surface area (Å²) < 4.78 is 11.7. The third-order valence-electron chi connectivity index (χ3n) is 6.41. The van der Waals surface area contributed by atoms with Gasteiger partial charge in [-0.3, -0.25) is 9.69 Å². The fourth-order valence-electron chi connectivity index (χ4n) is 4.48. The van der Waals surface area contributed by atoms with Crippen molar-refractivity contribution in [1.82, 2.24) is 20.4 Å². The Bertz CT molecular complexity index is 1110. The molecule has 2 heterocycles. The molecule has 8 heteroatoms. The molecule has 4 rings (SSSR count). The van der Waals surface area contributed by atoms with Gasteiger partial charge in [-0.05, 0) is 68.1 Å². The smallest absolute Gasteiger partial charge is 0.241 e. The van der Waals surface area contributed by atoms with E-state index in [1.54, 1.807) is 7.11 Å². The maximum atomic E-state index is 13.1. The highest BCUT2D eigenvalue weighted by Gasteiger charge is 2.28. The molecule has 0 radical (unpaired) electrons. The normalized spacial score (nSPS) is 15.8. The Morgan fingerprint density at radius 3 is 2.60 bits per heavy atom. The highest BCUT2D eigenvalue weighted by Crippen LogP contribution is 2.26. The Kier molecular flexibility index (Phi) is 8.57. The number of carbonyl (C=O) groups is 1. The molecule has 1 aromatic heterocycles. The van der Waals surface area contributed by atoms with E-state index in [0.29, 0.717) is 24.2 Å². The van der Waals surface area contributed by atoms with Crippen LogP contribution in [0.5, 0.6) is 5.75 Å². The van der Waals surface area contributed by atoms with Crippen LogP contribution in [0, 0.1) is 11.8 Å². The number of hydrogen-bond acceptors (Lipinski definition) is 6. The molecule has 35 heavy (non-hydrogen) atoms. The van der Waals surface area contributed by atoms with E-state index in [0.717, 1.165) is 53.7 Å². The van der Waals surface area contributed by atoms with Gasteiger partial charge in [0.1, 0.15) is 5.75 Å². The number of piperidine rings is 1. The van der Waals surface area contributed by atoms with Gasteiger partial charge in [0.05, 0.1) is 19.7 Å². The molecule has 0 bridgehead atoms. The summed E-state index contributed by atoms with van der Waals surface area (Å²) in [6.45, 7) is 6.60. The van der Waals surface area contributed by atoms with Gasteiger partial charge < -0.3 is 14.6 Å². The second kappa shape index (κ2) is 11.8. The first kappa shape index (κ1) is 25.4. The second-order valence-corrected chi connectivity index (χ2v) is 10.5. The molecule has 3 aromatic rings. The van der Waals surface area contributed by atoms with Gasteiger partial charge in [0.25, 0.3) is 0 Å². The minimum Gasteiger partial charge on any atom is -0.497 e. The number of nitrogens with one attached hydrogen (secondary N) is 1. The van der Waals surface area contributed by atoms with Crippen molar-refractivity contribution in [2.45, 2.75) is 45.7 Å². The number of halogens is 1. The first-order valence-corrected chi connectivity index (χ1v) is 13.0. The summed E-state index contributed by atoms with van der Waals surface area (Å²) in [7, 11) is 1.66. The Morgan fingerprint density at radius 1 is 1.20 bits per heavy atom. The van der Waals surface area contributed by atoms with Gasteiger partial charge >= 0.3 is 0 Å². The first-order chi connectivity index (χ1) is 16.9. The first-order valence-electron chi connectivity index (χ1n) is 12.2. The van der Waals surface area contributed by atoms with E-state index in [2.05, 4.69) is 50.1 Å². The molecule has 1 N–H and O–H groups in total. The zero-order valence-corrected chi connectivity index (χ0v) is 22.1. The van der Waals surface area contributed by atoms with Crippen molar-refractivity contribution >= 4 is 21.8 Å². The number of hydrogen-bond donors (Lipinski definition) is 1. The van der Waals surface area contributed by atoms with E-state index in [4.69, 9.17) is 9.26 Å². The lowest BCUT2D eigenvalue weighted by Crippen LogP contribution is -2.41. The predicted octanol–water partition coefficient (Wildman–Crippen LogP) is 5.62. The van der Waals surface area contributed by atoms with Crippen molar-refractivity contribution < 1.29 is 14.1 Å². The number of carbonyl (C=O) groups excluding carboxylic acids is 1. The summed E-state index contributed by atoms with van der Waals surface area (Å²) in [5.74, 6) is 2.63. The van der Waals surface area contributed by atoms with Crippen molar-refractivity contribution in [3.8, 4) is 17.1 Å². The van der Waals surface area contributed by atoms with Crippen molar-refractivity contribution in [1.29, 1.82) is 0 Å². The maximum absolute atomic E-state index is 13.1. The average molecular weight is 541 g/mol. The van der Waals surface area contributed by atoms with Crippen LogP contribution < -0.4 is 10.1 Å². The molecule has 1 aliphatic rings. The molecule has 1 aliphatic heterocycles. The quantitative estimate of drug-likeness (QED) is 0.379. The molecule has 0 saturated carbocycles. The number of aromatic nitrogens is 2. The largest absolute Gasteiger partial charge is 0.497 e. The average Bonchev–Trinajstić information content (AvgIpc) is 3.32. The Hall–Kier alpha value is -2.71. The van der Waals surface area contributed by atoms with Crippen LogP contribution in [0.15, 0.2) is 57.5 Å². The minimum atomic E-state index is 0.00118. The number of benzene rings is 2. The third kappa shape index (κ3) is 6.92.